The van der Waals surface area contributed by atoms with Crippen LogP contribution in [0.1, 0.15) is 44.0 Å². The van der Waals surface area contributed by atoms with Crippen LogP contribution in [0.5, 0.6) is 0 Å². The minimum Gasteiger partial charge on any atom is -0.401 e. The van der Waals surface area contributed by atoms with Crippen molar-refractivity contribution in [1.29, 1.82) is 0 Å². The molecule has 1 aliphatic heterocycles. The predicted octanol–water partition coefficient (Wildman–Crippen LogP) is 2.89. The Kier molecular flexibility index (Phi) is 6.57. The first kappa shape index (κ1) is 15.7. The predicted molar refractivity (Wildman–Crippen MR) is 81.9 cm³/mol. The Morgan fingerprint density at radius 2 is 2.11 bits per heavy atom. The van der Waals surface area contributed by atoms with Gasteiger partial charge in [0.1, 0.15) is 0 Å². The van der Waals surface area contributed by atoms with E-state index in [0.29, 0.717) is 0 Å². The lowest BCUT2D eigenvalue weighted by atomic mass is 10.0. The van der Waals surface area contributed by atoms with Crippen LogP contribution < -0.4 is 5.73 Å². The van der Waals surface area contributed by atoms with Crippen LogP contribution in [0.15, 0.2) is 24.5 Å². The Labute approximate surface area is 117 Å². The summed E-state index contributed by atoms with van der Waals surface area (Å²) in [6.45, 7) is 12.9. The summed E-state index contributed by atoms with van der Waals surface area (Å²) in [6, 6.07) is 2.27. The molecule has 0 aromatic carbocycles. The fourth-order valence-electron chi connectivity index (χ4n) is 2.15. The van der Waals surface area contributed by atoms with Crippen molar-refractivity contribution in [2.75, 3.05) is 13.1 Å². The number of aromatic nitrogens is 1. The van der Waals surface area contributed by atoms with Gasteiger partial charge in [0.15, 0.2) is 0 Å². The molecule has 0 saturated heterocycles. The first-order valence-corrected chi connectivity index (χ1v) is 7.22. The van der Waals surface area contributed by atoms with Gasteiger partial charge in [-0.25, -0.2) is 0 Å². The summed E-state index contributed by atoms with van der Waals surface area (Å²) in [6.07, 6.45) is 5.31. The number of nitrogens with two attached hydrogens (primary N) is 1. The summed E-state index contributed by atoms with van der Waals surface area (Å²) < 4.78 is 0. The molecule has 19 heavy (non-hydrogen) atoms. The largest absolute Gasteiger partial charge is 0.401 e. The summed E-state index contributed by atoms with van der Waals surface area (Å²) in [7, 11) is 0. The second-order valence-electron chi connectivity index (χ2n) is 5.13. The summed E-state index contributed by atoms with van der Waals surface area (Å²) >= 11 is 0. The number of hydrogen-bond donors (Lipinski definition) is 1. The molecule has 0 saturated carbocycles. The van der Waals surface area contributed by atoms with Crippen molar-refractivity contribution in [2.24, 2.45) is 5.73 Å². The van der Waals surface area contributed by atoms with Gasteiger partial charge >= 0.3 is 0 Å². The SMILES string of the molecule is C=C(N)CN1CCc2ncc(CC)cc2C1.CCC. The van der Waals surface area contributed by atoms with E-state index in [9.17, 15) is 0 Å². The quantitative estimate of drug-likeness (QED) is 0.909. The maximum atomic E-state index is 5.65. The highest BCUT2D eigenvalue weighted by atomic mass is 15.1. The van der Waals surface area contributed by atoms with E-state index in [0.717, 1.165) is 38.2 Å². The van der Waals surface area contributed by atoms with E-state index in [1.54, 1.807) is 0 Å². The van der Waals surface area contributed by atoms with Gasteiger partial charge in [-0.05, 0) is 17.5 Å². The van der Waals surface area contributed by atoms with Gasteiger partial charge in [0.2, 0.25) is 0 Å². The van der Waals surface area contributed by atoms with Crippen LogP contribution in [0, 0.1) is 0 Å². The van der Waals surface area contributed by atoms with E-state index in [4.69, 9.17) is 5.73 Å². The number of pyridine rings is 1. The Balaban J connectivity index is 0.000000550. The lowest BCUT2D eigenvalue weighted by Gasteiger charge is -2.28. The molecule has 1 aromatic heterocycles. The Hall–Kier alpha value is -1.35. The van der Waals surface area contributed by atoms with Crippen LogP contribution >= 0.6 is 0 Å². The molecule has 2 N–H and O–H groups in total. The highest BCUT2D eigenvalue weighted by Gasteiger charge is 2.17. The first-order chi connectivity index (χ1) is 9.10. The molecule has 0 aliphatic carbocycles. The van der Waals surface area contributed by atoms with E-state index in [1.165, 1.54) is 23.2 Å². The Morgan fingerprint density at radius 1 is 1.42 bits per heavy atom. The van der Waals surface area contributed by atoms with Gasteiger partial charge in [-0.3, -0.25) is 9.88 Å². The Bertz CT molecular complexity index is 412. The minimum atomic E-state index is 0.739. The lowest BCUT2D eigenvalue weighted by molar-refractivity contribution is 0.272. The van der Waals surface area contributed by atoms with Crippen molar-refractivity contribution in [3.05, 3.63) is 41.4 Å². The van der Waals surface area contributed by atoms with Crippen LogP contribution in [0.3, 0.4) is 0 Å². The molecule has 0 bridgehead atoms. The molecule has 1 aliphatic rings. The monoisotopic (exact) mass is 261 g/mol. The highest BCUT2D eigenvalue weighted by Crippen LogP contribution is 2.18. The summed E-state index contributed by atoms with van der Waals surface area (Å²) in [5.41, 5.74) is 10.3. The van der Waals surface area contributed by atoms with Crippen LogP contribution in [0.2, 0.25) is 0 Å². The van der Waals surface area contributed by atoms with E-state index in [2.05, 4.69) is 43.3 Å². The fourth-order valence-corrected chi connectivity index (χ4v) is 2.15. The first-order valence-electron chi connectivity index (χ1n) is 7.22. The van der Waals surface area contributed by atoms with Crippen molar-refractivity contribution in [1.82, 2.24) is 9.88 Å². The molecule has 0 spiro atoms. The van der Waals surface area contributed by atoms with Gasteiger partial charge in [0.25, 0.3) is 0 Å². The molecule has 0 atom stereocenters. The topological polar surface area (TPSA) is 42.1 Å². The van der Waals surface area contributed by atoms with E-state index in [1.807, 2.05) is 6.20 Å². The van der Waals surface area contributed by atoms with Crippen LogP contribution in [-0.2, 0) is 19.4 Å². The standard InChI is InChI=1S/C13H19N3.C3H8/c1-3-11-6-12-9-16(8-10(2)14)5-4-13(12)15-7-11;1-3-2/h6-7H,2-5,8-9,14H2,1H3;3H2,1-2H3. The third-order valence-electron chi connectivity index (χ3n) is 3.01. The minimum absolute atomic E-state index is 0.739. The molecule has 3 heteroatoms. The maximum Gasteiger partial charge on any atom is 0.0461 e. The van der Waals surface area contributed by atoms with Crippen LogP contribution in [-0.4, -0.2) is 23.0 Å². The molecule has 3 nitrogen and oxygen atoms in total. The van der Waals surface area contributed by atoms with E-state index < -0.39 is 0 Å². The molecule has 2 heterocycles. The molecular formula is C16H27N3. The number of aryl methyl sites for hydroxylation is 1. The zero-order valence-electron chi connectivity index (χ0n) is 12.6. The average molecular weight is 261 g/mol. The fraction of sp³-hybridized carbons (Fsp3) is 0.562. The second-order valence-corrected chi connectivity index (χ2v) is 5.13. The number of nitrogens with zero attached hydrogens (tertiary/aromatic N) is 2. The number of fused-ring (bicyclic) bond motifs is 1. The van der Waals surface area contributed by atoms with Gasteiger partial charge in [-0.15, -0.1) is 0 Å². The summed E-state index contributed by atoms with van der Waals surface area (Å²) in [5, 5.41) is 0. The highest BCUT2D eigenvalue weighted by molar-refractivity contribution is 5.27. The van der Waals surface area contributed by atoms with E-state index in [-0.39, 0.29) is 0 Å². The molecule has 0 amide bonds. The zero-order chi connectivity index (χ0) is 14.3. The summed E-state index contributed by atoms with van der Waals surface area (Å²) in [5.74, 6) is 0. The van der Waals surface area contributed by atoms with Crippen molar-refractivity contribution in [2.45, 2.75) is 46.6 Å². The van der Waals surface area contributed by atoms with Crippen LogP contribution in [0.4, 0.5) is 0 Å². The van der Waals surface area contributed by atoms with Crippen molar-refractivity contribution < 1.29 is 0 Å². The van der Waals surface area contributed by atoms with Gasteiger partial charge in [-0.1, -0.05) is 39.8 Å². The maximum absolute atomic E-state index is 5.65. The summed E-state index contributed by atoms with van der Waals surface area (Å²) in [4.78, 5) is 6.85. The van der Waals surface area contributed by atoms with Crippen LogP contribution in [0.25, 0.3) is 0 Å². The van der Waals surface area contributed by atoms with Gasteiger partial charge in [-0.2, -0.15) is 0 Å². The normalized spacial score (nSPS) is 14.3. The number of hydrogen-bond acceptors (Lipinski definition) is 3. The van der Waals surface area contributed by atoms with Crippen molar-refractivity contribution in [3.8, 4) is 0 Å². The molecule has 2 rings (SSSR count). The lowest BCUT2D eigenvalue weighted by Crippen LogP contribution is -2.33. The van der Waals surface area contributed by atoms with Gasteiger partial charge in [0.05, 0.1) is 0 Å². The van der Waals surface area contributed by atoms with Gasteiger partial charge < -0.3 is 5.73 Å². The molecule has 0 radical (unpaired) electrons. The second kappa shape index (κ2) is 7.95. The third kappa shape index (κ3) is 5.03. The van der Waals surface area contributed by atoms with Crippen molar-refractivity contribution in [3.63, 3.8) is 0 Å². The van der Waals surface area contributed by atoms with Crippen molar-refractivity contribution >= 4 is 0 Å². The van der Waals surface area contributed by atoms with E-state index >= 15 is 0 Å². The number of rotatable bonds is 3. The average Bonchev–Trinajstić information content (AvgIpc) is 2.38. The molecule has 1 aromatic rings. The third-order valence-corrected chi connectivity index (χ3v) is 3.01. The molecule has 0 fully saturated rings. The molecular weight excluding hydrogens is 234 g/mol. The molecule has 106 valence electrons. The van der Waals surface area contributed by atoms with Gasteiger partial charge in [0, 0.05) is 43.6 Å². The Morgan fingerprint density at radius 3 is 2.68 bits per heavy atom. The smallest absolute Gasteiger partial charge is 0.0461 e. The molecule has 0 unspecified atom stereocenters. The zero-order valence-corrected chi connectivity index (χ0v) is 12.6.